The molecule has 1 heterocycles. The van der Waals surface area contributed by atoms with Gasteiger partial charge in [0.1, 0.15) is 0 Å². The number of piperidine rings is 1. The first-order chi connectivity index (χ1) is 8.95. The SMILES string of the molecule is CCC(O)CNC(=O)C1CCCN(C(=O)N(C)C)C1. The highest BCUT2D eigenvalue weighted by Crippen LogP contribution is 2.17. The van der Waals surface area contributed by atoms with Crippen LogP contribution < -0.4 is 5.32 Å². The predicted molar refractivity (Wildman–Crippen MR) is 72.7 cm³/mol. The predicted octanol–water partition coefficient (Wildman–Crippen LogP) is 0.267. The third-order valence-corrected chi connectivity index (χ3v) is 3.43. The fraction of sp³-hybridized carbons (Fsp3) is 0.846. The maximum atomic E-state index is 12.0. The van der Waals surface area contributed by atoms with Gasteiger partial charge >= 0.3 is 6.03 Å². The van der Waals surface area contributed by atoms with Crippen LogP contribution in [0, 0.1) is 5.92 Å². The first-order valence-electron chi connectivity index (χ1n) is 6.87. The number of aliphatic hydroxyl groups excluding tert-OH is 1. The first-order valence-corrected chi connectivity index (χ1v) is 6.87. The molecule has 1 saturated heterocycles. The molecule has 6 heteroatoms. The molecule has 6 nitrogen and oxygen atoms in total. The maximum absolute atomic E-state index is 12.0. The summed E-state index contributed by atoms with van der Waals surface area (Å²) in [5, 5.41) is 12.2. The van der Waals surface area contributed by atoms with Crippen LogP contribution in [0.1, 0.15) is 26.2 Å². The van der Waals surface area contributed by atoms with Crippen LogP contribution in [0.15, 0.2) is 0 Å². The lowest BCUT2D eigenvalue weighted by Crippen LogP contribution is -2.49. The third kappa shape index (κ3) is 4.70. The summed E-state index contributed by atoms with van der Waals surface area (Å²) in [6, 6.07) is -0.0499. The Morgan fingerprint density at radius 1 is 1.47 bits per heavy atom. The van der Waals surface area contributed by atoms with Crippen molar-refractivity contribution in [3.05, 3.63) is 0 Å². The average molecular weight is 271 g/mol. The minimum Gasteiger partial charge on any atom is -0.391 e. The van der Waals surface area contributed by atoms with Crippen molar-refractivity contribution in [2.24, 2.45) is 5.92 Å². The molecule has 110 valence electrons. The zero-order chi connectivity index (χ0) is 14.4. The number of carbonyl (C=O) groups is 2. The first kappa shape index (κ1) is 15.8. The van der Waals surface area contributed by atoms with Crippen molar-refractivity contribution in [2.45, 2.75) is 32.3 Å². The second-order valence-electron chi connectivity index (χ2n) is 5.27. The van der Waals surface area contributed by atoms with Gasteiger partial charge < -0.3 is 20.2 Å². The smallest absolute Gasteiger partial charge is 0.319 e. The lowest BCUT2D eigenvalue weighted by molar-refractivity contribution is -0.126. The number of hydrogen-bond acceptors (Lipinski definition) is 3. The van der Waals surface area contributed by atoms with E-state index in [0.717, 1.165) is 12.8 Å². The van der Waals surface area contributed by atoms with Crippen LogP contribution >= 0.6 is 0 Å². The van der Waals surface area contributed by atoms with Crippen molar-refractivity contribution in [3.63, 3.8) is 0 Å². The Hall–Kier alpha value is -1.30. The Balaban J connectivity index is 2.45. The van der Waals surface area contributed by atoms with E-state index in [4.69, 9.17) is 0 Å². The summed E-state index contributed by atoms with van der Waals surface area (Å²) < 4.78 is 0. The van der Waals surface area contributed by atoms with Crippen LogP contribution in [-0.2, 0) is 4.79 Å². The van der Waals surface area contributed by atoms with Crippen molar-refractivity contribution >= 4 is 11.9 Å². The van der Waals surface area contributed by atoms with Gasteiger partial charge in [-0.25, -0.2) is 4.79 Å². The van der Waals surface area contributed by atoms with E-state index in [1.807, 2.05) is 6.92 Å². The number of urea groups is 1. The van der Waals surface area contributed by atoms with Crippen LogP contribution in [0.3, 0.4) is 0 Å². The summed E-state index contributed by atoms with van der Waals surface area (Å²) in [5.74, 6) is -0.231. The lowest BCUT2D eigenvalue weighted by atomic mass is 9.97. The van der Waals surface area contributed by atoms with E-state index in [2.05, 4.69) is 5.32 Å². The molecule has 0 aromatic rings. The Bertz CT molecular complexity index is 320. The summed E-state index contributed by atoms with van der Waals surface area (Å²) in [5.41, 5.74) is 0. The molecule has 2 atom stereocenters. The molecule has 0 bridgehead atoms. The van der Waals surface area contributed by atoms with Gasteiger partial charge in [0, 0.05) is 33.7 Å². The molecular formula is C13H25N3O3. The molecular weight excluding hydrogens is 246 g/mol. The summed E-state index contributed by atoms with van der Waals surface area (Å²) >= 11 is 0. The third-order valence-electron chi connectivity index (χ3n) is 3.43. The highest BCUT2D eigenvalue weighted by atomic mass is 16.3. The van der Waals surface area contributed by atoms with E-state index in [9.17, 15) is 14.7 Å². The molecule has 3 amide bonds. The van der Waals surface area contributed by atoms with Gasteiger partial charge in [-0.1, -0.05) is 6.92 Å². The molecule has 2 N–H and O–H groups in total. The normalized spacial score (nSPS) is 20.8. The summed E-state index contributed by atoms with van der Waals surface area (Å²) in [6.45, 7) is 3.33. The van der Waals surface area contributed by atoms with Gasteiger partial charge in [-0.15, -0.1) is 0 Å². The average Bonchev–Trinajstić information content (AvgIpc) is 2.43. The Kier molecular flexibility index (Phi) is 6.08. The van der Waals surface area contributed by atoms with E-state index >= 15 is 0 Å². The number of carbonyl (C=O) groups excluding carboxylic acids is 2. The fourth-order valence-electron chi connectivity index (χ4n) is 2.15. The molecule has 1 fully saturated rings. The number of likely N-dealkylation sites (tertiary alicyclic amines) is 1. The van der Waals surface area contributed by atoms with Gasteiger partial charge in [0.05, 0.1) is 12.0 Å². The molecule has 0 radical (unpaired) electrons. The minimum absolute atomic E-state index is 0.0499. The van der Waals surface area contributed by atoms with Crippen LogP contribution in [0.25, 0.3) is 0 Å². The minimum atomic E-state index is -0.493. The van der Waals surface area contributed by atoms with E-state index in [0.29, 0.717) is 19.5 Å². The van der Waals surface area contributed by atoms with Gasteiger partial charge in [0.25, 0.3) is 0 Å². The quantitative estimate of drug-likeness (QED) is 0.770. The monoisotopic (exact) mass is 271 g/mol. The standard InChI is InChI=1S/C13H25N3O3/c1-4-11(17)8-14-12(18)10-6-5-7-16(9-10)13(19)15(2)3/h10-11,17H,4-9H2,1-3H3,(H,14,18). The fourth-order valence-corrected chi connectivity index (χ4v) is 2.15. The second kappa shape index (κ2) is 7.33. The van der Waals surface area contributed by atoms with E-state index in [1.54, 1.807) is 19.0 Å². The van der Waals surface area contributed by atoms with Crippen molar-refractivity contribution in [1.82, 2.24) is 15.1 Å². The molecule has 0 aliphatic carbocycles. The Morgan fingerprint density at radius 3 is 2.74 bits per heavy atom. The molecule has 1 aliphatic rings. The summed E-state index contributed by atoms with van der Waals surface area (Å²) in [7, 11) is 3.42. The number of amides is 3. The highest BCUT2D eigenvalue weighted by Gasteiger charge is 2.29. The molecule has 0 spiro atoms. The summed E-state index contributed by atoms with van der Waals surface area (Å²) in [4.78, 5) is 27.1. The zero-order valence-electron chi connectivity index (χ0n) is 12.1. The molecule has 2 unspecified atom stereocenters. The van der Waals surface area contributed by atoms with Crippen molar-refractivity contribution in [2.75, 3.05) is 33.7 Å². The van der Waals surface area contributed by atoms with Crippen LogP contribution in [0.5, 0.6) is 0 Å². The van der Waals surface area contributed by atoms with Gasteiger partial charge in [-0.05, 0) is 19.3 Å². The second-order valence-corrected chi connectivity index (χ2v) is 5.27. The van der Waals surface area contributed by atoms with E-state index < -0.39 is 6.10 Å². The lowest BCUT2D eigenvalue weighted by Gasteiger charge is -2.33. The molecule has 1 aliphatic heterocycles. The number of aliphatic hydroxyl groups is 1. The largest absolute Gasteiger partial charge is 0.391 e. The number of hydrogen-bond donors (Lipinski definition) is 2. The topological polar surface area (TPSA) is 72.9 Å². The molecule has 0 aromatic carbocycles. The Labute approximate surface area is 114 Å². The van der Waals surface area contributed by atoms with Crippen molar-refractivity contribution in [1.29, 1.82) is 0 Å². The number of nitrogens with one attached hydrogen (secondary N) is 1. The van der Waals surface area contributed by atoms with Gasteiger partial charge in [0.2, 0.25) is 5.91 Å². The molecule has 1 rings (SSSR count). The van der Waals surface area contributed by atoms with Crippen LogP contribution in [-0.4, -0.2) is 66.7 Å². The summed E-state index contributed by atoms with van der Waals surface area (Å²) in [6.07, 6.45) is 1.77. The zero-order valence-corrected chi connectivity index (χ0v) is 12.1. The van der Waals surface area contributed by atoms with Gasteiger partial charge in [-0.2, -0.15) is 0 Å². The van der Waals surface area contributed by atoms with Gasteiger partial charge in [-0.3, -0.25) is 4.79 Å². The molecule has 0 aromatic heterocycles. The Morgan fingerprint density at radius 2 is 2.16 bits per heavy atom. The van der Waals surface area contributed by atoms with Gasteiger partial charge in [0.15, 0.2) is 0 Å². The molecule has 19 heavy (non-hydrogen) atoms. The van der Waals surface area contributed by atoms with Crippen molar-refractivity contribution in [3.8, 4) is 0 Å². The molecule has 0 saturated carbocycles. The number of nitrogens with zero attached hydrogens (tertiary/aromatic N) is 2. The highest BCUT2D eigenvalue weighted by molar-refractivity contribution is 5.80. The maximum Gasteiger partial charge on any atom is 0.319 e. The number of rotatable bonds is 4. The van der Waals surface area contributed by atoms with Crippen molar-refractivity contribution < 1.29 is 14.7 Å². The van der Waals surface area contributed by atoms with Crippen LogP contribution in [0.4, 0.5) is 4.79 Å². The van der Waals surface area contributed by atoms with E-state index in [-0.39, 0.29) is 24.4 Å². The van der Waals surface area contributed by atoms with E-state index in [1.165, 1.54) is 4.90 Å². The van der Waals surface area contributed by atoms with Crippen LogP contribution in [0.2, 0.25) is 0 Å².